The molecular weight excluding hydrogens is 234 g/mol. The van der Waals surface area contributed by atoms with Crippen molar-refractivity contribution in [3.8, 4) is 5.75 Å². The summed E-state index contributed by atoms with van der Waals surface area (Å²) in [6.07, 6.45) is 0. The highest BCUT2D eigenvalue weighted by Crippen LogP contribution is 2.18. The highest BCUT2D eigenvalue weighted by molar-refractivity contribution is 6.01. The van der Waals surface area contributed by atoms with E-state index in [2.05, 4.69) is 10.5 Å². The van der Waals surface area contributed by atoms with Crippen LogP contribution in [0.25, 0.3) is 0 Å². The SMILES string of the molecule is COc1ccccc1C(=O)NC(C)(C)/C(N)=N/O. The summed E-state index contributed by atoms with van der Waals surface area (Å²) < 4.78 is 5.10. The Labute approximate surface area is 105 Å². The van der Waals surface area contributed by atoms with Crippen LogP contribution in [0.4, 0.5) is 0 Å². The fourth-order valence-electron chi connectivity index (χ4n) is 1.37. The Morgan fingerprint density at radius 1 is 1.44 bits per heavy atom. The fourth-order valence-corrected chi connectivity index (χ4v) is 1.37. The Morgan fingerprint density at radius 3 is 2.61 bits per heavy atom. The number of rotatable bonds is 4. The molecule has 0 saturated heterocycles. The Balaban J connectivity index is 2.96. The predicted octanol–water partition coefficient (Wildman–Crippen LogP) is 0.950. The van der Waals surface area contributed by atoms with Crippen LogP contribution >= 0.6 is 0 Å². The molecule has 0 unspecified atom stereocenters. The number of amidine groups is 1. The van der Waals surface area contributed by atoms with Crippen LogP contribution in [0.15, 0.2) is 29.4 Å². The fraction of sp³-hybridized carbons (Fsp3) is 0.333. The van der Waals surface area contributed by atoms with Crippen molar-refractivity contribution in [3.63, 3.8) is 0 Å². The van der Waals surface area contributed by atoms with E-state index in [-0.39, 0.29) is 11.7 Å². The summed E-state index contributed by atoms with van der Waals surface area (Å²) in [5, 5.41) is 14.2. The number of hydrogen-bond acceptors (Lipinski definition) is 4. The molecule has 0 aromatic heterocycles. The number of carbonyl (C=O) groups is 1. The van der Waals surface area contributed by atoms with Gasteiger partial charge < -0.3 is 21.0 Å². The lowest BCUT2D eigenvalue weighted by Crippen LogP contribution is -2.53. The normalized spacial score (nSPS) is 12.1. The van der Waals surface area contributed by atoms with E-state index >= 15 is 0 Å². The number of nitrogens with two attached hydrogens (primary N) is 1. The number of methoxy groups -OCH3 is 1. The third-order valence-electron chi connectivity index (χ3n) is 2.53. The minimum Gasteiger partial charge on any atom is -0.496 e. The summed E-state index contributed by atoms with van der Waals surface area (Å²) in [4.78, 5) is 12.1. The molecule has 1 aromatic rings. The highest BCUT2D eigenvalue weighted by Gasteiger charge is 2.27. The van der Waals surface area contributed by atoms with Gasteiger partial charge in [-0.25, -0.2) is 0 Å². The maximum absolute atomic E-state index is 12.1. The molecular formula is C12H17N3O3. The molecule has 0 saturated carbocycles. The van der Waals surface area contributed by atoms with Crippen LogP contribution in [0, 0.1) is 0 Å². The molecule has 1 aromatic carbocycles. The third kappa shape index (κ3) is 2.91. The molecule has 0 bridgehead atoms. The monoisotopic (exact) mass is 251 g/mol. The van der Waals surface area contributed by atoms with Crippen molar-refractivity contribution in [1.82, 2.24) is 5.32 Å². The molecule has 0 aliphatic heterocycles. The molecule has 0 radical (unpaired) electrons. The van der Waals surface area contributed by atoms with Gasteiger partial charge in [-0.15, -0.1) is 0 Å². The molecule has 0 fully saturated rings. The van der Waals surface area contributed by atoms with Crippen LogP contribution in [0.2, 0.25) is 0 Å². The Bertz CT molecular complexity index is 469. The maximum atomic E-state index is 12.1. The average molecular weight is 251 g/mol. The first-order chi connectivity index (χ1) is 8.42. The largest absolute Gasteiger partial charge is 0.496 e. The molecule has 1 rings (SSSR count). The van der Waals surface area contributed by atoms with E-state index in [1.165, 1.54) is 7.11 Å². The van der Waals surface area contributed by atoms with Crippen LogP contribution in [0.1, 0.15) is 24.2 Å². The number of amides is 1. The van der Waals surface area contributed by atoms with Crippen LogP contribution in [-0.4, -0.2) is 29.6 Å². The third-order valence-corrected chi connectivity index (χ3v) is 2.53. The minimum atomic E-state index is -0.952. The molecule has 0 aliphatic rings. The molecule has 98 valence electrons. The summed E-state index contributed by atoms with van der Waals surface area (Å²) in [6, 6.07) is 6.82. The second kappa shape index (κ2) is 5.39. The first kappa shape index (κ1) is 13.8. The van der Waals surface area contributed by atoms with E-state index in [1.54, 1.807) is 38.1 Å². The number of ether oxygens (including phenoxy) is 1. The van der Waals surface area contributed by atoms with Gasteiger partial charge in [0.15, 0.2) is 5.84 Å². The standard InChI is InChI=1S/C12H17N3O3/c1-12(2,11(13)15-17)14-10(16)8-6-4-5-7-9(8)18-3/h4-7,17H,1-3H3,(H2,13,15)(H,14,16). The number of benzene rings is 1. The number of nitrogens with zero attached hydrogens (tertiary/aromatic N) is 1. The van der Waals surface area contributed by atoms with Crippen LogP contribution < -0.4 is 15.8 Å². The molecule has 1 amide bonds. The van der Waals surface area contributed by atoms with Crippen molar-refractivity contribution in [2.75, 3.05) is 7.11 Å². The topological polar surface area (TPSA) is 96.9 Å². The second-order valence-corrected chi connectivity index (χ2v) is 4.26. The molecule has 6 nitrogen and oxygen atoms in total. The molecule has 0 heterocycles. The van der Waals surface area contributed by atoms with Crippen molar-refractivity contribution in [3.05, 3.63) is 29.8 Å². The number of para-hydroxylation sites is 1. The van der Waals surface area contributed by atoms with E-state index in [9.17, 15) is 4.79 Å². The molecule has 0 spiro atoms. The molecule has 6 heteroatoms. The van der Waals surface area contributed by atoms with Gasteiger partial charge in [-0.3, -0.25) is 4.79 Å². The predicted molar refractivity (Wildman–Crippen MR) is 67.9 cm³/mol. The van der Waals surface area contributed by atoms with E-state index in [4.69, 9.17) is 15.7 Å². The minimum absolute atomic E-state index is 0.0780. The van der Waals surface area contributed by atoms with Crippen molar-refractivity contribution < 1.29 is 14.7 Å². The number of nitrogens with one attached hydrogen (secondary N) is 1. The van der Waals surface area contributed by atoms with E-state index in [0.29, 0.717) is 11.3 Å². The van der Waals surface area contributed by atoms with E-state index < -0.39 is 5.54 Å². The Hall–Kier alpha value is -2.24. The smallest absolute Gasteiger partial charge is 0.255 e. The van der Waals surface area contributed by atoms with Gasteiger partial charge in [0.05, 0.1) is 18.2 Å². The lowest BCUT2D eigenvalue weighted by Gasteiger charge is -2.24. The van der Waals surface area contributed by atoms with Gasteiger partial charge in [-0.1, -0.05) is 17.3 Å². The molecule has 0 aliphatic carbocycles. The first-order valence-corrected chi connectivity index (χ1v) is 5.36. The summed E-state index contributed by atoms with van der Waals surface area (Å²) in [5.41, 5.74) is 4.94. The van der Waals surface area contributed by atoms with Crippen molar-refractivity contribution in [2.24, 2.45) is 10.9 Å². The van der Waals surface area contributed by atoms with Crippen molar-refractivity contribution >= 4 is 11.7 Å². The summed E-state index contributed by atoms with van der Waals surface area (Å²) in [7, 11) is 1.49. The van der Waals surface area contributed by atoms with Crippen LogP contribution in [-0.2, 0) is 0 Å². The van der Waals surface area contributed by atoms with E-state index in [1.807, 2.05) is 0 Å². The lowest BCUT2D eigenvalue weighted by molar-refractivity contribution is 0.0928. The van der Waals surface area contributed by atoms with Crippen LogP contribution in [0.3, 0.4) is 0 Å². The lowest BCUT2D eigenvalue weighted by atomic mass is 10.0. The highest BCUT2D eigenvalue weighted by atomic mass is 16.5. The number of oxime groups is 1. The van der Waals surface area contributed by atoms with Crippen LogP contribution in [0.5, 0.6) is 5.75 Å². The van der Waals surface area contributed by atoms with Gasteiger partial charge >= 0.3 is 0 Å². The average Bonchev–Trinajstić information content (AvgIpc) is 2.36. The summed E-state index contributed by atoms with van der Waals surface area (Å²) in [5.74, 6) is 0.0279. The van der Waals surface area contributed by atoms with Gasteiger partial charge in [0.2, 0.25) is 0 Å². The van der Waals surface area contributed by atoms with Gasteiger partial charge in [0.25, 0.3) is 5.91 Å². The Morgan fingerprint density at radius 2 is 2.06 bits per heavy atom. The molecule has 18 heavy (non-hydrogen) atoms. The quantitative estimate of drug-likeness (QED) is 0.321. The van der Waals surface area contributed by atoms with E-state index in [0.717, 1.165) is 0 Å². The zero-order valence-corrected chi connectivity index (χ0v) is 10.6. The first-order valence-electron chi connectivity index (χ1n) is 5.36. The molecule has 4 N–H and O–H groups in total. The van der Waals surface area contributed by atoms with Crippen molar-refractivity contribution in [1.29, 1.82) is 0 Å². The maximum Gasteiger partial charge on any atom is 0.255 e. The zero-order chi connectivity index (χ0) is 13.8. The zero-order valence-electron chi connectivity index (χ0n) is 10.6. The van der Waals surface area contributed by atoms with Crippen molar-refractivity contribution in [2.45, 2.75) is 19.4 Å². The number of hydrogen-bond donors (Lipinski definition) is 3. The van der Waals surface area contributed by atoms with Gasteiger partial charge in [-0.2, -0.15) is 0 Å². The Kier molecular flexibility index (Phi) is 4.14. The summed E-state index contributed by atoms with van der Waals surface area (Å²) in [6.45, 7) is 3.27. The molecule has 0 atom stereocenters. The van der Waals surface area contributed by atoms with Gasteiger partial charge in [0.1, 0.15) is 5.75 Å². The second-order valence-electron chi connectivity index (χ2n) is 4.26. The van der Waals surface area contributed by atoms with Gasteiger partial charge in [0, 0.05) is 0 Å². The number of carbonyl (C=O) groups excluding carboxylic acids is 1. The summed E-state index contributed by atoms with van der Waals surface area (Å²) >= 11 is 0. The van der Waals surface area contributed by atoms with Gasteiger partial charge in [-0.05, 0) is 26.0 Å².